The summed E-state index contributed by atoms with van der Waals surface area (Å²) in [4.78, 5) is 0. The Kier molecular flexibility index (Phi) is 2.73. The van der Waals surface area contributed by atoms with Gasteiger partial charge in [0.1, 0.15) is 5.82 Å². The van der Waals surface area contributed by atoms with E-state index >= 15 is 0 Å². The summed E-state index contributed by atoms with van der Waals surface area (Å²) in [6, 6.07) is 3.49. The molecule has 66 valence electrons. The summed E-state index contributed by atoms with van der Waals surface area (Å²) in [5.41, 5.74) is 1.28. The van der Waals surface area contributed by atoms with Crippen molar-refractivity contribution in [1.29, 1.82) is 0 Å². The van der Waals surface area contributed by atoms with Gasteiger partial charge in [0.15, 0.2) is 0 Å². The van der Waals surface area contributed by atoms with Gasteiger partial charge in [-0.1, -0.05) is 31.5 Å². The Bertz CT molecular complexity index is 292. The van der Waals surface area contributed by atoms with E-state index in [2.05, 4.69) is 0 Å². The highest BCUT2D eigenvalue weighted by atomic mass is 35.5. The summed E-state index contributed by atoms with van der Waals surface area (Å²) >= 11 is 5.75. The number of hydrogen-bond acceptors (Lipinski definition) is 0. The normalized spacial score (nSPS) is 10.8. The van der Waals surface area contributed by atoms with E-state index in [4.69, 9.17) is 11.6 Å². The first-order valence-electron chi connectivity index (χ1n) is 3.98. The second kappa shape index (κ2) is 3.44. The van der Waals surface area contributed by atoms with E-state index in [0.717, 1.165) is 5.56 Å². The maximum Gasteiger partial charge on any atom is 0.131 e. The Morgan fingerprint density at radius 3 is 2.42 bits per heavy atom. The summed E-state index contributed by atoms with van der Waals surface area (Å²) in [7, 11) is 0. The monoisotopic (exact) mass is 186 g/mol. The van der Waals surface area contributed by atoms with Crippen molar-refractivity contribution in [3.05, 3.63) is 34.1 Å². The van der Waals surface area contributed by atoms with Crippen LogP contribution in [0.5, 0.6) is 0 Å². The van der Waals surface area contributed by atoms with E-state index in [-0.39, 0.29) is 11.7 Å². The predicted octanol–water partition coefficient (Wildman–Crippen LogP) is 3.91. The van der Waals surface area contributed by atoms with Gasteiger partial charge >= 0.3 is 0 Å². The first kappa shape index (κ1) is 9.53. The van der Waals surface area contributed by atoms with Gasteiger partial charge in [-0.05, 0) is 24.5 Å². The molecular weight excluding hydrogens is 175 g/mol. The molecule has 0 spiro atoms. The fourth-order valence-corrected chi connectivity index (χ4v) is 1.27. The molecular formula is C10H12ClF. The first-order chi connectivity index (χ1) is 5.54. The van der Waals surface area contributed by atoms with E-state index in [1.807, 2.05) is 13.8 Å². The third-order valence-corrected chi connectivity index (χ3v) is 2.38. The maximum atomic E-state index is 13.4. The highest BCUT2D eigenvalue weighted by Crippen LogP contribution is 2.25. The summed E-state index contributed by atoms with van der Waals surface area (Å²) in [6.07, 6.45) is 0. The third kappa shape index (κ3) is 1.61. The Balaban J connectivity index is 3.27. The zero-order valence-electron chi connectivity index (χ0n) is 7.49. The minimum atomic E-state index is -0.169. The topological polar surface area (TPSA) is 0 Å². The van der Waals surface area contributed by atoms with Crippen molar-refractivity contribution < 1.29 is 4.39 Å². The minimum Gasteiger partial charge on any atom is -0.206 e. The number of benzene rings is 1. The molecule has 0 aromatic heterocycles. The molecule has 0 heterocycles. The lowest BCUT2D eigenvalue weighted by Crippen LogP contribution is -1.95. The molecule has 1 aromatic carbocycles. The molecule has 0 saturated heterocycles. The van der Waals surface area contributed by atoms with E-state index < -0.39 is 0 Å². The highest BCUT2D eigenvalue weighted by Gasteiger charge is 2.10. The van der Waals surface area contributed by atoms with E-state index in [1.165, 1.54) is 0 Å². The molecule has 0 aliphatic rings. The average Bonchev–Trinajstić information content (AvgIpc) is 2.00. The van der Waals surface area contributed by atoms with Gasteiger partial charge < -0.3 is 0 Å². The molecule has 0 aliphatic carbocycles. The van der Waals surface area contributed by atoms with Crippen LogP contribution in [0.25, 0.3) is 0 Å². The molecule has 0 unspecified atom stereocenters. The fraction of sp³-hybridized carbons (Fsp3) is 0.400. The van der Waals surface area contributed by atoms with E-state index in [1.54, 1.807) is 19.1 Å². The van der Waals surface area contributed by atoms with Crippen molar-refractivity contribution in [2.45, 2.75) is 26.7 Å². The van der Waals surface area contributed by atoms with Crippen molar-refractivity contribution in [2.24, 2.45) is 0 Å². The fourth-order valence-electron chi connectivity index (χ4n) is 1.13. The second-order valence-corrected chi connectivity index (χ2v) is 3.64. The van der Waals surface area contributed by atoms with Crippen LogP contribution in [0.15, 0.2) is 12.1 Å². The highest BCUT2D eigenvalue weighted by molar-refractivity contribution is 6.31. The number of rotatable bonds is 1. The molecule has 2 heteroatoms. The maximum absolute atomic E-state index is 13.4. The summed E-state index contributed by atoms with van der Waals surface area (Å²) in [5.74, 6) is 0.0402. The van der Waals surface area contributed by atoms with Gasteiger partial charge in [-0.15, -0.1) is 0 Å². The zero-order valence-corrected chi connectivity index (χ0v) is 8.24. The Labute approximate surface area is 77.4 Å². The molecule has 0 amide bonds. The molecule has 0 N–H and O–H groups in total. The minimum absolute atomic E-state index is 0.169. The summed E-state index contributed by atoms with van der Waals surface area (Å²) in [6.45, 7) is 5.63. The molecule has 0 atom stereocenters. The van der Waals surface area contributed by atoms with Gasteiger partial charge in [-0.3, -0.25) is 0 Å². The SMILES string of the molecule is Cc1c(Cl)ccc(C(C)C)c1F. The van der Waals surface area contributed by atoms with Crippen LogP contribution in [0, 0.1) is 12.7 Å². The smallest absolute Gasteiger partial charge is 0.131 e. The van der Waals surface area contributed by atoms with Crippen molar-refractivity contribution >= 4 is 11.6 Å². The molecule has 12 heavy (non-hydrogen) atoms. The molecule has 0 saturated carbocycles. The van der Waals surface area contributed by atoms with Crippen LogP contribution < -0.4 is 0 Å². The van der Waals surface area contributed by atoms with Crippen LogP contribution in [0.1, 0.15) is 30.9 Å². The lowest BCUT2D eigenvalue weighted by atomic mass is 10.0. The molecule has 1 rings (SSSR count). The molecule has 0 aliphatic heterocycles. The molecule has 0 nitrogen and oxygen atoms in total. The first-order valence-corrected chi connectivity index (χ1v) is 4.36. The van der Waals surface area contributed by atoms with Crippen molar-refractivity contribution in [3.8, 4) is 0 Å². The largest absolute Gasteiger partial charge is 0.206 e. The van der Waals surface area contributed by atoms with Gasteiger partial charge in [0.2, 0.25) is 0 Å². The van der Waals surface area contributed by atoms with Crippen molar-refractivity contribution in [1.82, 2.24) is 0 Å². The third-order valence-electron chi connectivity index (χ3n) is 1.97. The van der Waals surface area contributed by atoms with Gasteiger partial charge in [0, 0.05) is 10.6 Å². The van der Waals surface area contributed by atoms with Gasteiger partial charge in [-0.25, -0.2) is 4.39 Å². The summed E-state index contributed by atoms with van der Waals surface area (Å²) < 4.78 is 13.4. The van der Waals surface area contributed by atoms with Crippen LogP contribution in [0.4, 0.5) is 4.39 Å². The van der Waals surface area contributed by atoms with Crippen LogP contribution >= 0.6 is 11.6 Å². The van der Waals surface area contributed by atoms with E-state index in [0.29, 0.717) is 10.6 Å². The Hall–Kier alpha value is -0.560. The quantitative estimate of drug-likeness (QED) is 0.624. The lowest BCUT2D eigenvalue weighted by Gasteiger charge is -2.09. The average molecular weight is 187 g/mol. The van der Waals surface area contributed by atoms with Crippen molar-refractivity contribution in [3.63, 3.8) is 0 Å². The number of halogens is 2. The van der Waals surface area contributed by atoms with Crippen molar-refractivity contribution in [2.75, 3.05) is 0 Å². The summed E-state index contributed by atoms with van der Waals surface area (Å²) in [5, 5.41) is 0.497. The Morgan fingerprint density at radius 1 is 1.33 bits per heavy atom. The Morgan fingerprint density at radius 2 is 1.92 bits per heavy atom. The number of hydrogen-bond donors (Lipinski definition) is 0. The van der Waals surface area contributed by atoms with Crippen LogP contribution in [0.2, 0.25) is 5.02 Å². The van der Waals surface area contributed by atoms with Gasteiger partial charge in [0.05, 0.1) is 0 Å². The molecule has 1 aromatic rings. The molecule has 0 fully saturated rings. The van der Waals surface area contributed by atoms with Gasteiger partial charge in [0.25, 0.3) is 0 Å². The van der Waals surface area contributed by atoms with Crippen LogP contribution in [0.3, 0.4) is 0 Å². The van der Waals surface area contributed by atoms with E-state index in [9.17, 15) is 4.39 Å². The molecule has 0 bridgehead atoms. The zero-order chi connectivity index (χ0) is 9.30. The second-order valence-electron chi connectivity index (χ2n) is 3.23. The lowest BCUT2D eigenvalue weighted by molar-refractivity contribution is 0.590. The predicted molar refractivity (Wildman–Crippen MR) is 50.2 cm³/mol. The van der Waals surface area contributed by atoms with Crippen LogP contribution in [-0.2, 0) is 0 Å². The van der Waals surface area contributed by atoms with Gasteiger partial charge in [-0.2, -0.15) is 0 Å². The standard InChI is InChI=1S/C10H12ClF/c1-6(2)8-4-5-9(11)7(3)10(8)12/h4-6H,1-3H3. The molecule has 0 radical (unpaired) electrons. The van der Waals surface area contributed by atoms with Crippen LogP contribution in [-0.4, -0.2) is 0 Å².